The van der Waals surface area contributed by atoms with Gasteiger partial charge in [-0.15, -0.1) is 0 Å². The molecule has 6 heteroatoms. The molecule has 96 valence electrons. The number of nitrogens with one attached hydrogen (secondary N) is 1. The second kappa shape index (κ2) is 8.55. The number of rotatable bonds is 8. The van der Waals surface area contributed by atoms with Crippen LogP contribution >= 0.6 is 23.4 Å². The summed E-state index contributed by atoms with van der Waals surface area (Å²) in [7, 11) is 1.61. The summed E-state index contributed by atoms with van der Waals surface area (Å²) in [5, 5.41) is 3.69. The molecule has 17 heavy (non-hydrogen) atoms. The van der Waals surface area contributed by atoms with Crippen LogP contribution < -0.4 is 5.32 Å². The van der Waals surface area contributed by atoms with Gasteiger partial charge in [0.15, 0.2) is 5.82 Å². The van der Waals surface area contributed by atoms with E-state index in [9.17, 15) is 0 Å². The highest BCUT2D eigenvalue weighted by molar-refractivity contribution is 7.98. The molecule has 1 rings (SSSR count). The third kappa shape index (κ3) is 6.10. The van der Waals surface area contributed by atoms with Gasteiger partial charge >= 0.3 is 0 Å². The minimum atomic E-state index is 0.377. The van der Waals surface area contributed by atoms with Gasteiger partial charge in [0.05, 0.1) is 0 Å². The Bertz CT molecular complexity index is 338. The topological polar surface area (TPSA) is 47.0 Å². The molecule has 0 aliphatic heterocycles. The predicted octanol–water partition coefficient (Wildman–Crippen LogP) is 2.83. The molecular weight excluding hydrogens is 258 g/mol. The van der Waals surface area contributed by atoms with Crippen LogP contribution in [0.2, 0.25) is 5.15 Å². The number of ether oxygens (including phenoxy) is 1. The van der Waals surface area contributed by atoms with Gasteiger partial charge < -0.3 is 10.1 Å². The number of halogens is 1. The molecule has 0 bridgehead atoms. The normalized spacial score (nSPS) is 10.5. The first-order valence-corrected chi connectivity index (χ1v) is 7.28. The molecule has 4 nitrogen and oxygen atoms in total. The quantitative estimate of drug-likeness (QED) is 0.584. The Balaban J connectivity index is 2.41. The van der Waals surface area contributed by atoms with E-state index in [-0.39, 0.29) is 0 Å². The Kier molecular flexibility index (Phi) is 7.32. The third-order valence-electron chi connectivity index (χ3n) is 2.10. The first-order chi connectivity index (χ1) is 8.26. The van der Waals surface area contributed by atoms with Crippen molar-refractivity contribution in [2.24, 2.45) is 0 Å². The van der Waals surface area contributed by atoms with Crippen molar-refractivity contribution in [2.75, 3.05) is 31.0 Å². The zero-order chi connectivity index (χ0) is 12.5. The van der Waals surface area contributed by atoms with Crippen molar-refractivity contribution in [2.45, 2.75) is 19.4 Å². The highest BCUT2D eigenvalue weighted by atomic mass is 35.5. The monoisotopic (exact) mass is 275 g/mol. The maximum absolute atomic E-state index is 5.90. The zero-order valence-electron chi connectivity index (χ0n) is 10.2. The summed E-state index contributed by atoms with van der Waals surface area (Å²) in [5.41, 5.74) is 0. The first kappa shape index (κ1) is 14.5. The van der Waals surface area contributed by atoms with Crippen LogP contribution in [0.5, 0.6) is 0 Å². The maximum atomic E-state index is 5.90. The lowest BCUT2D eigenvalue weighted by Crippen LogP contribution is -2.06. The van der Waals surface area contributed by atoms with Crippen molar-refractivity contribution >= 4 is 29.2 Å². The van der Waals surface area contributed by atoms with Gasteiger partial charge in [0, 0.05) is 19.7 Å². The number of thioether (sulfide) groups is 1. The van der Waals surface area contributed by atoms with Gasteiger partial charge in [-0.2, -0.15) is 11.8 Å². The van der Waals surface area contributed by atoms with E-state index in [2.05, 4.69) is 21.5 Å². The second-order valence-electron chi connectivity index (χ2n) is 3.55. The summed E-state index contributed by atoms with van der Waals surface area (Å²) in [6, 6.07) is 1.73. The van der Waals surface area contributed by atoms with E-state index in [0.29, 0.717) is 17.6 Å². The van der Waals surface area contributed by atoms with Gasteiger partial charge in [-0.1, -0.05) is 11.6 Å². The smallest absolute Gasteiger partial charge is 0.158 e. The molecule has 0 aliphatic rings. The average molecular weight is 276 g/mol. The van der Waals surface area contributed by atoms with Gasteiger partial charge in [0.2, 0.25) is 0 Å². The van der Waals surface area contributed by atoms with E-state index in [4.69, 9.17) is 16.3 Å². The standard InChI is InChI=1S/C11H18ClN3OS/c1-16-8-11-14-9(12)7-10(15-11)13-5-3-4-6-17-2/h7H,3-6,8H2,1-2H3,(H,13,14,15). The molecular formula is C11H18ClN3OS. The summed E-state index contributed by atoms with van der Waals surface area (Å²) in [4.78, 5) is 8.37. The summed E-state index contributed by atoms with van der Waals surface area (Å²) >= 11 is 7.77. The van der Waals surface area contributed by atoms with Crippen molar-refractivity contribution in [3.63, 3.8) is 0 Å². The fourth-order valence-electron chi connectivity index (χ4n) is 1.34. The number of hydrogen-bond donors (Lipinski definition) is 1. The average Bonchev–Trinajstić information content (AvgIpc) is 2.28. The van der Waals surface area contributed by atoms with Crippen LogP contribution in [0.3, 0.4) is 0 Å². The Hall–Kier alpha value is -0.520. The summed E-state index contributed by atoms with van der Waals surface area (Å²) in [6.07, 6.45) is 4.45. The molecule has 0 unspecified atom stereocenters. The molecule has 0 atom stereocenters. The zero-order valence-corrected chi connectivity index (χ0v) is 11.8. The first-order valence-electron chi connectivity index (χ1n) is 5.51. The van der Waals surface area contributed by atoms with Crippen LogP contribution in [0.1, 0.15) is 18.7 Å². The number of unbranched alkanes of at least 4 members (excludes halogenated alkanes) is 1. The third-order valence-corrected chi connectivity index (χ3v) is 2.99. The maximum Gasteiger partial charge on any atom is 0.158 e. The van der Waals surface area contributed by atoms with Crippen LogP contribution in [0.4, 0.5) is 5.82 Å². The lowest BCUT2D eigenvalue weighted by molar-refractivity contribution is 0.178. The fraction of sp³-hybridized carbons (Fsp3) is 0.636. The minimum absolute atomic E-state index is 0.377. The summed E-state index contributed by atoms with van der Waals surface area (Å²) in [5.74, 6) is 2.56. The summed E-state index contributed by atoms with van der Waals surface area (Å²) in [6.45, 7) is 1.28. The van der Waals surface area contributed by atoms with E-state index in [1.165, 1.54) is 12.2 Å². The molecule has 0 aliphatic carbocycles. The van der Waals surface area contributed by atoms with Crippen LogP contribution in [0.15, 0.2) is 6.07 Å². The number of aromatic nitrogens is 2. The second-order valence-corrected chi connectivity index (χ2v) is 4.92. The Morgan fingerprint density at radius 1 is 1.41 bits per heavy atom. The van der Waals surface area contributed by atoms with Crippen molar-refractivity contribution in [3.05, 3.63) is 17.0 Å². The van der Waals surface area contributed by atoms with Gasteiger partial charge in [-0.25, -0.2) is 9.97 Å². The predicted molar refractivity (Wildman–Crippen MR) is 73.9 cm³/mol. The number of hydrogen-bond acceptors (Lipinski definition) is 5. The molecule has 1 heterocycles. The van der Waals surface area contributed by atoms with E-state index < -0.39 is 0 Å². The van der Waals surface area contributed by atoms with Gasteiger partial charge in [0.1, 0.15) is 17.6 Å². The van der Waals surface area contributed by atoms with Crippen LogP contribution in [-0.2, 0) is 11.3 Å². The molecule has 0 radical (unpaired) electrons. The number of anilines is 1. The molecule has 0 aromatic carbocycles. The largest absolute Gasteiger partial charge is 0.377 e. The van der Waals surface area contributed by atoms with E-state index >= 15 is 0 Å². The molecule has 0 spiro atoms. The highest BCUT2D eigenvalue weighted by Crippen LogP contribution is 2.12. The molecule has 0 saturated carbocycles. The fourth-order valence-corrected chi connectivity index (χ4v) is 2.03. The minimum Gasteiger partial charge on any atom is -0.377 e. The Morgan fingerprint density at radius 2 is 2.24 bits per heavy atom. The highest BCUT2D eigenvalue weighted by Gasteiger charge is 2.02. The van der Waals surface area contributed by atoms with Crippen molar-refractivity contribution in [3.8, 4) is 0 Å². The lowest BCUT2D eigenvalue weighted by Gasteiger charge is -2.07. The number of methoxy groups -OCH3 is 1. The molecule has 0 saturated heterocycles. The van der Waals surface area contributed by atoms with Gasteiger partial charge in [-0.05, 0) is 24.9 Å². The van der Waals surface area contributed by atoms with Crippen LogP contribution in [-0.4, -0.2) is 35.6 Å². The number of nitrogens with zero attached hydrogens (tertiary/aromatic N) is 2. The molecule has 0 fully saturated rings. The van der Waals surface area contributed by atoms with Crippen molar-refractivity contribution < 1.29 is 4.74 Å². The molecule has 1 aromatic rings. The van der Waals surface area contributed by atoms with E-state index in [0.717, 1.165) is 18.8 Å². The van der Waals surface area contributed by atoms with E-state index in [1.807, 2.05) is 11.8 Å². The lowest BCUT2D eigenvalue weighted by atomic mass is 10.3. The molecule has 0 amide bonds. The summed E-state index contributed by atoms with van der Waals surface area (Å²) < 4.78 is 4.98. The molecule has 1 aromatic heterocycles. The SMILES string of the molecule is COCc1nc(Cl)cc(NCCCCSC)n1. The van der Waals surface area contributed by atoms with E-state index in [1.54, 1.807) is 13.2 Å². The van der Waals surface area contributed by atoms with Crippen molar-refractivity contribution in [1.29, 1.82) is 0 Å². The van der Waals surface area contributed by atoms with Gasteiger partial charge in [-0.3, -0.25) is 0 Å². The Labute approximate surface area is 112 Å². The van der Waals surface area contributed by atoms with Crippen LogP contribution in [0.25, 0.3) is 0 Å². The van der Waals surface area contributed by atoms with Crippen LogP contribution in [0, 0.1) is 0 Å². The Morgan fingerprint density at radius 3 is 2.94 bits per heavy atom. The van der Waals surface area contributed by atoms with Crippen molar-refractivity contribution in [1.82, 2.24) is 9.97 Å². The molecule has 1 N–H and O–H groups in total. The van der Waals surface area contributed by atoms with Gasteiger partial charge in [0.25, 0.3) is 0 Å².